The molecule has 1 saturated carbocycles. The Balaban J connectivity index is 1.91. The Kier molecular flexibility index (Phi) is 5.39. The van der Waals surface area contributed by atoms with E-state index in [1.54, 1.807) is 0 Å². The van der Waals surface area contributed by atoms with E-state index in [-0.39, 0.29) is 5.41 Å². The Hall–Kier alpha value is -0.670. The fourth-order valence-electron chi connectivity index (χ4n) is 3.18. The highest BCUT2D eigenvalue weighted by molar-refractivity contribution is 7.09. The first-order valence-corrected chi connectivity index (χ1v) is 8.61. The summed E-state index contributed by atoms with van der Waals surface area (Å²) in [4.78, 5) is 15.5. The number of rotatable bonds is 6. The van der Waals surface area contributed by atoms with E-state index in [4.69, 9.17) is 0 Å². The molecule has 112 valence electrons. The molecule has 0 N–H and O–H groups in total. The van der Waals surface area contributed by atoms with Crippen LogP contribution in [0.15, 0.2) is 17.5 Å². The summed E-state index contributed by atoms with van der Waals surface area (Å²) < 4.78 is 0. The van der Waals surface area contributed by atoms with E-state index in [0.717, 1.165) is 31.7 Å². The second kappa shape index (κ2) is 6.86. The maximum Gasteiger partial charge on any atom is 0.127 e. The summed E-state index contributed by atoms with van der Waals surface area (Å²) >= 11 is 1.82. The van der Waals surface area contributed by atoms with Crippen LogP contribution in [0.4, 0.5) is 0 Å². The van der Waals surface area contributed by atoms with Gasteiger partial charge in [-0.25, -0.2) is 0 Å². The summed E-state index contributed by atoms with van der Waals surface area (Å²) in [5, 5.41) is 2.14. The van der Waals surface area contributed by atoms with E-state index in [2.05, 4.69) is 43.3 Å². The Labute approximate surface area is 127 Å². The van der Waals surface area contributed by atoms with Crippen molar-refractivity contribution in [1.29, 1.82) is 0 Å². The lowest BCUT2D eigenvalue weighted by atomic mass is 9.71. The Morgan fingerprint density at radius 2 is 2.20 bits per heavy atom. The van der Waals surface area contributed by atoms with Gasteiger partial charge in [-0.1, -0.05) is 13.0 Å². The summed E-state index contributed by atoms with van der Waals surface area (Å²) in [6, 6.07) is 4.81. The lowest BCUT2D eigenvalue weighted by Gasteiger charge is -2.39. The highest BCUT2D eigenvalue weighted by Gasteiger charge is 2.35. The van der Waals surface area contributed by atoms with Crippen LogP contribution in [0.5, 0.6) is 0 Å². The normalized spacial score (nSPS) is 28.5. The van der Waals surface area contributed by atoms with Crippen LogP contribution in [0.2, 0.25) is 0 Å². The fourth-order valence-corrected chi connectivity index (χ4v) is 4.01. The van der Waals surface area contributed by atoms with Gasteiger partial charge in [-0.15, -0.1) is 11.3 Å². The van der Waals surface area contributed by atoms with Gasteiger partial charge in [0, 0.05) is 22.9 Å². The van der Waals surface area contributed by atoms with Gasteiger partial charge in [0.15, 0.2) is 0 Å². The second-order valence-electron chi connectivity index (χ2n) is 6.71. The maximum atomic E-state index is 11.6. The van der Waals surface area contributed by atoms with Gasteiger partial charge in [0.05, 0.1) is 0 Å². The largest absolute Gasteiger partial charge is 0.303 e. The van der Waals surface area contributed by atoms with Crippen molar-refractivity contribution in [2.75, 3.05) is 13.6 Å². The summed E-state index contributed by atoms with van der Waals surface area (Å²) in [6.07, 6.45) is 6.85. The standard InChI is InChI=1S/C17H27NOS/c1-14-6-8-17(13-19,9-7-14)12-18(3)15(2)11-16-5-4-10-20-16/h4-5,10,13-15H,6-9,11-12H2,1-3H3. The van der Waals surface area contributed by atoms with Crippen molar-refractivity contribution in [1.82, 2.24) is 4.90 Å². The van der Waals surface area contributed by atoms with Gasteiger partial charge in [0.2, 0.25) is 0 Å². The quantitative estimate of drug-likeness (QED) is 0.739. The van der Waals surface area contributed by atoms with E-state index in [0.29, 0.717) is 6.04 Å². The molecular weight excluding hydrogens is 266 g/mol. The first-order chi connectivity index (χ1) is 9.54. The molecular formula is C17H27NOS. The van der Waals surface area contributed by atoms with Gasteiger partial charge in [0.25, 0.3) is 0 Å². The lowest BCUT2D eigenvalue weighted by Crippen LogP contribution is -2.43. The predicted molar refractivity (Wildman–Crippen MR) is 86.2 cm³/mol. The molecule has 2 nitrogen and oxygen atoms in total. The SMILES string of the molecule is CC1CCC(C=O)(CN(C)C(C)Cc2cccs2)CC1. The maximum absolute atomic E-state index is 11.6. The topological polar surface area (TPSA) is 20.3 Å². The molecule has 20 heavy (non-hydrogen) atoms. The molecule has 1 heterocycles. The molecule has 0 aliphatic heterocycles. The summed E-state index contributed by atoms with van der Waals surface area (Å²) in [5.41, 5.74) is -0.0923. The molecule has 1 unspecified atom stereocenters. The average molecular weight is 293 g/mol. The number of aldehydes is 1. The minimum atomic E-state index is -0.0923. The van der Waals surface area contributed by atoms with Gasteiger partial charge in [-0.05, 0) is 63.4 Å². The molecule has 2 rings (SSSR count). The van der Waals surface area contributed by atoms with Crippen molar-refractivity contribution >= 4 is 17.6 Å². The van der Waals surface area contributed by atoms with Crippen LogP contribution in [-0.4, -0.2) is 30.8 Å². The number of carbonyl (C=O) groups is 1. The molecule has 3 heteroatoms. The second-order valence-corrected chi connectivity index (χ2v) is 7.74. The van der Waals surface area contributed by atoms with Crippen molar-refractivity contribution in [2.24, 2.45) is 11.3 Å². The van der Waals surface area contributed by atoms with Gasteiger partial charge >= 0.3 is 0 Å². The molecule has 0 radical (unpaired) electrons. The van der Waals surface area contributed by atoms with Crippen molar-refractivity contribution < 1.29 is 4.79 Å². The van der Waals surface area contributed by atoms with Gasteiger partial charge in [0.1, 0.15) is 6.29 Å². The monoisotopic (exact) mass is 293 g/mol. The minimum absolute atomic E-state index is 0.0923. The summed E-state index contributed by atoms with van der Waals surface area (Å²) in [5.74, 6) is 0.789. The van der Waals surface area contributed by atoms with Crippen molar-refractivity contribution in [3.63, 3.8) is 0 Å². The predicted octanol–water partition coefficient (Wildman–Crippen LogP) is 4.01. The van der Waals surface area contributed by atoms with Crippen LogP contribution >= 0.6 is 11.3 Å². The molecule has 1 aliphatic rings. The van der Waals surface area contributed by atoms with Crippen LogP contribution < -0.4 is 0 Å². The Bertz CT molecular complexity index is 407. The molecule has 1 aromatic heterocycles. The number of hydrogen-bond acceptors (Lipinski definition) is 3. The van der Waals surface area contributed by atoms with Crippen molar-refractivity contribution in [3.8, 4) is 0 Å². The van der Waals surface area contributed by atoms with E-state index in [1.807, 2.05) is 11.3 Å². The molecule has 0 bridgehead atoms. The number of nitrogens with zero attached hydrogens (tertiary/aromatic N) is 1. The molecule has 0 amide bonds. The number of hydrogen-bond donors (Lipinski definition) is 0. The lowest BCUT2D eigenvalue weighted by molar-refractivity contribution is -0.119. The molecule has 0 aromatic carbocycles. The van der Waals surface area contributed by atoms with Gasteiger partial charge < -0.3 is 9.69 Å². The van der Waals surface area contributed by atoms with E-state index >= 15 is 0 Å². The highest BCUT2D eigenvalue weighted by atomic mass is 32.1. The van der Waals surface area contributed by atoms with Crippen LogP contribution in [0, 0.1) is 11.3 Å². The van der Waals surface area contributed by atoms with Gasteiger partial charge in [-0.2, -0.15) is 0 Å². The van der Waals surface area contributed by atoms with Crippen LogP contribution in [0.1, 0.15) is 44.4 Å². The van der Waals surface area contributed by atoms with Crippen molar-refractivity contribution in [2.45, 2.75) is 52.0 Å². The number of likely N-dealkylation sites (N-methyl/N-ethyl adjacent to an activating group) is 1. The Morgan fingerprint density at radius 3 is 2.75 bits per heavy atom. The van der Waals surface area contributed by atoms with Crippen LogP contribution in [0.3, 0.4) is 0 Å². The fraction of sp³-hybridized carbons (Fsp3) is 0.706. The number of thiophene rings is 1. The van der Waals surface area contributed by atoms with E-state index in [9.17, 15) is 4.79 Å². The van der Waals surface area contributed by atoms with E-state index in [1.165, 1.54) is 24.0 Å². The minimum Gasteiger partial charge on any atom is -0.303 e. The first-order valence-electron chi connectivity index (χ1n) is 7.73. The van der Waals surface area contributed by atoms with Crippen LogP contribution in [-0.2, 0) is 11.2 Å². The molecule has 1 aromatic rings. The molecule has 1 aliphatic carbocycles. The summed E-state index contributed by atoms with van der Waals surface area (Å²) in [7, 11) is 2.17. The zero-order chi connectivity index (χ0) is 14.6. The van der Waals surface area contributed by atoms with Crippen LogP contribution in [0.25, 0.3) is 0 Å². The zero-order valence-electron chi connectivity index (χ0n) is 13.0. The van der Waals surface area contributed by atoms with Crippen molar-refractivity contribution in [3.05, 3.63) is 22.4 Å². The smallest absolute Gasteiger partial charge is 0.127 e. The average Bonchev–Trinajstić information content (AvgIpc) is 2.94. The molecule has 1 fully saturated rings. The van der Waals surface area contributed by atoms with E-state index < -0.39 is 0 Å². The molecule has 0 spiro atoms. The number of carbonyl (C=O) groups excluding carboxylic acids is 1. The third-order valence-electron chi connectivity index (χ3n) is 4.91. The third kappa shape index (κ3) is 3.92. The molecule has 1 atom stereocenters. The van der Waals surface area contributed by atoms with Gasteiger partial charge in [-0.3, -0.25) is 0 Å². The summed E-state index contributed by atoms with van der Waals surface area (Å²) in [6.45, 7) is 5.48. The zero-order valence-corrected chi connectivity index (χ0v) is 13.8. The molecule has 0 saturated heterocycles. The third-order valence-corrected chi connectivity index (χ3v) is 5.81. The Morgan fingerprint density at radius 1 is 1.50 bits per heavy atom. The highest BCUT2D eigenvalue weighted by Crippen LogP contribution is 2.38. The first kappa shape index (κ1) is 15.7.